The molecule has 3 atom stereocenters. The maximum absolute atomic E-state index is 12.0. The smallest absolute Gasteiger partial charge is 0.234 e. The predicted molar refractivity (Wildman–Crippen MR) is 83.2 cm³/mol. The van der Waals surface area contributed by atoms with E-state index in [9.17, 15) is 4.79 Å². The number of ether oxygens (including phenoxy) is 1. The SMILES string of the molecule is COCCNCC(=O)NC1CC2CCC1(C)C2(C)C.Cl. The second kappa shape index (κ2) is 6.63. The molecule has 2 bridgehead atoms. The van der Waals surface area contributed by atoms with E-state index in [0.29, 0.717) is 24.6 Å². The van der Waals surface area contributed by atoms with Gasteiger partial charge in [-0.15, -0.1) is 12.4 Å². The molecule has 2 N–H and O–H groups in total. The molecule has 0 spiro atoms. The number of hydrogen-bond acceptors (Lipinski definition) is 3. The van der Waals surface area contributed by atoms with Crippen molar-refractivity contribution in [2.75, 3.05) is 26.8 Å². The predicted octanol–water partition coefficient (Wildman–Crippen LogP) is 1.98. The molecule has 0 aromatic carbocycles. The molecule has 1 amide bonds. The van der Waals surface area contributed by atoms with E-state index in [1.807, 2.05) is 0 Å². The highest BCUT2D eigenvalue weighted by atomic mass is 35.5. The maximum atomic E-state index is 12.0. The highest BCUT2D eigenvalue weighted by Crippen LogP contribution is 2.65. The Morgan fingerprint density at radius 1 is 1.35 bits per heavy atom. The van der Waals surface area contributed by atoms with Crippen molar-refractivity contribution in [3.63, 3.8) is 0 Å². The van der Waals surface area contributed by atoms with Crippen LogP contribution in [0.3, 0.4) is 0 Å². The summed E-state index contributed by atoms with van der Waals surface area (Å²) < 4.78 is 4.95. The number of halogens is 1. The first-order valence-corrected chi connectivity index (χ1v) is 7.41. The number of carbonyl (C=O) groups excluding carboxylic acids is 1. The molecular formula is C15H29ClN2O2. The van der Waals surface area contributed by atoms with Gasteiger partial charge in [0.2, 0.25) is 5.91 Å². The lowest BCUT2D eigenvalue weighted by molar-refractivity contribution is -0.122. The van der Waals surface area contributed by atoms with Crippen LogP contribution in [0.15, 0.2) is 0 Å². The molecule has 0 aromatic rings. The summed E-state index contributed by atoms with van der Waals surface area (Å²) in [6.07, 6.45) is 3.71. The van der Waals surface area contributed by atoms with E-state index in [2.05, 4.69) is 31.4 Å². The molecule has 0 saturated heterocycles. The van der Waals surface area contributed by atoms with Gasteiger partial charge in [0.05, 0.1) is 13.2 Å². The van der Waals surface area contributed by atoms with Crippen LogP contribution in [0.1, 0.15) is 40.0 Å². The molecule has 4 nitrogen and oxygen atoms in total. The van der Waals surface area contributed by atoms with Gasteiger partial charge >= 0.3 is 0 Å². The molecular weight excluding hydrogens is 276 g/mol. The van der Waals surface area contributed by atoms with Crippen LogP contribution in [0.5, 0.6) is 0 Å². The fraction of sp³-hybridized carbons (Fsp3) is 0.933. The number of hydrogen-bond donors (Lipinski definition) is 2. The summed E-state index contributed by atoms with van der Waals surface area (Å²) in [4.78, 5) is 12.0. The summed E-state index contributed by atoms with van der Waals surface area (Å²) in [7, 11) is 1.67. The zero-order chi connectivity index (χ0) is 14.1. The van der Waals surface area contributed by atoms with Crippen LogP contribution in [-0.4, -0.2) is 38.8 Å². The molecule has 20 heavy (non-hydrogen) atoms. The fourth-order valence-corrected chi connectivity index (χ4v) is 4.04. The third-order valence-corrected chi connectivity index (χ3v) is 5.90. The Morgan fingerprint density at radius 2 is 2.05 bits per heavy atom. The third kappa shape index (κ3) is 2.97. The van der Waals surface area contributed by atoms with E-state index >= 15 is 0 Å². The fourth-order valence-electron chi connectivity index (χ4n) is 4.04. The lowest BCUT2D eigenvalue weighted by atomic mass is 9.69. The second-order valence-corrected chi connectivity index (χ2v) is 6.90. The second-order valence-electron chi connectivity index (χ2n) is 6.90. The summed E-state index contributed by atoms with van der Waals surface area (Å²) in [5, 5.41) is 6.34. The Kier molecular flexibility index (Phi) is 5.88. The van der Waals surface area contributed by atoms with Gasteiger partial charge in [0.25, 0.3) is 0 Å². The van der Waals surface area contributed by atoms with Crippen molar-refractivity contribution in [1.29, 1.82) is 0 Å². The largest absolute Gasteiger partial charge is 0.383 e. The van der Waals surface area contributed by atoms with Gasteiger partial charge < -0.3 is 15.4 Å². The Balaban J connectivity index is 0.00000200. The molecule has 2 aliphatic carbocycles. The van der Waals surface area contributed by atoms with Crippen molar-refractivity contribution in [2.24, 2.45) is 16.7 Å². The number of methoxy groups -OCH3 is 1. The summed E-state index contributed by atoms with van der Waals surface area (Å²) >= 11 is 0. The maximum Gasteiger partial charge on any atom is 0.234 e. The van der Waals surface area contributed by atoms with Gasteiger partial charge in [-0.1, -0.05) is 20.8 Å². The molecule has 5 heteroatoms. The number of rotatable bonds is 6. The first kappa shape index (κ1) is 17.7. The monoisotopic (exact) mass is 304 g/mol. The van der Waals surface area contributed by atoms with Gasteiger partial charge in [0.15, 0.2) is 0 Å². The zero-order valence-corrected chi connectivity index (χ0v) is 13.9. The van der Waals surface area contributed by atoms with Crippen molar-refractivity contribution >= 4 is 18.3 Å². The summed E-state index contributed by atoms with van der Waals surface area (Å²) in [5.41, 5.74) is 0.619. The van der Waals surface area contributed by atoms with Crippen molar-refractivity contribution in [3.8, 4) is 0 Å². The number of amides is 1. The molecule has 0 aliphatic heterocycles. The Labute approximate surface area is 128 Å². The quantitative estimate of drug-likeness (QED) is 0.738. The van der Waals surface area contributed by atoms with Crippen LogP contribution in [-0.2, 0) is 9.53 Å². The first-order valence-electron chi connectivity index (χ1n) is 7.41. The highest BCUT2D eigenvalue weighted by Gasteiger charge is 2.61. The minimum Gasteiger partial charge on any atom is -0.383 e. The van der Waals surface area contributed by atoms with Gasteiger partial charge in [0.1, 0.15) is 0 Å². The number of carbonyl (C=O) groups is 1. The summed E-state index contributed by atoms with van der Waals surface area (Å²) in [6.45, 7) is 8.84. The molecule has 0 aromatic heterocycles. The van der Waals surface area contributed by atoms with Crippen LogP contribution in [0.2, 0.25) is 0 Å². The lowest BCUT2D eigenvalue weighted by Crippen LogP contribution is -2.49. The first-order chi connectivity index (χ1) is 8.91. The molecule has 2 fully saturated rings. The van der Waals surface area contributed by atoms with Gasteiger partial charge in [-0.2, -0.15) is 0 Å². The van der Waals surface area contributed by atoms with Crippen LogP contribution in [0.4, 0.5) is 0 Å². The van der Waals surface area contributed by atoms with Crippen molar-refractivity contribution in [2.45, 2.75) is 46.1 Å². The van der Waals surface area contributed by atoms with E-state index in [4.69, 9.17) is 4.74 Å². The summed E-state index contributed by atoms with van der Waals surface area (Å²) in [5.74, 6) is 0.884. The minimum atomic E-state index is 0. The summed E-state index contributed by atoms with van der Waals surface area (Å²) in [6, 6.07) is 0.345. The molecule has 2 aliphatic rings. The van der Waals surface area contributed by atoms with Crippen LogP contribution < -0.4 is 10.6 Å². The van der Waals surface area contributed by atoms with Crippen molar-refractivity contribution in [1.82, 2.24) is 10.6 Å². The standard InChI is InChI=1S/C15H28N2O2.ClH/c1-14(2)11-5-6-15(14,3)12(9-11)17-13(18)10-16-7-8-19-4;/h11-12,16H,5-10H2,1-4H3,(H,17,18);1H. The average Bonchev–Trinajstić information content (AvgIpc) is 2.68. The average molecular weight is 305 g/mol. The van der Waals surface area contributed by atoms with Crippen molar-refractivity contribution < 1.29 is 9.53 Å². The normalized spacial score (nSPS) is 33.8. The van der Waals surface area contributed by atoms with Crippen LogP contribution in [0, 0.1) is 16.7 Å². The van der Waals surface area contributed by atoms with E-state index in [-0.39, 0.29) is 23.7 Å². The number of nitrogens with one attached hydrogen (secondary N) is 2. The highest BCUT2D eigenvalue weighted by molar-refractivity contribution is 5.85. The van der Waals surface area contributed by atoms with Gasteiger partial charge in [-0.25, -0.2) is 0 Å². The number of fused-ring (bicyclic) bond motifs is 2. The van der Waals surface area contributed by atoms with E-state index < -0.39 is 0 Å². The molecule has 0 heterocycles. The Hall–Kier alpha value is -0.320. The van der Waals surface area contributed by atoms with Crippen LogP contribution in [0.25, 0.3) is 0 Å². The van der Waals surface area contributed by atoms with Crippen LogP contribution >= 0.6 is 12.4 Å². The molecule has 3 unspecified atom stereocenters. The Morgan fingerprint density at radius 3 is 2.55 bits per heavy atom. The topological polar surface area (TPSA) is 50.4 Å². The molecule has 0 radical (unpaired) electrons. The van der Waals surface area contributed by atoms with Gasteiger partial charge in [0, 0.05) is 19.7 Å². The van der Waals surface area contributed by atoms with E-state index in [0.717, 1.165) is 18.9 Å². The molecule has 2 rings (SSSR count). The Bertz CT molecular complexity index is 349. The van der Waals surface area contributed by atoms with Crippen molar-refractivity contribution in [3.05, 3.63) is 0 Å². The van der Waals surface area contributed by atoms with E-state index in [1.54, 1.807) is 7.11 Å². The molecule has 2 saturated carbocycles. The zero-order valence-electron chi connectivity index (χ0n) is 13.1. The lowest BCUT2D eigenvalue weighted by Gasteiger charge is -2.39. The molecule has 118 valence electrons. The van der Waals surface area contributed by atoms with Gasteiger partial charge in [-0.05, 0) is 36.0 Å². The third-order valence-electron chi connectivity index (χ3n) is 5.90. The van der Waals surface area contributed by atoms with Gasteiger partial charge in [-0.3, -0.25) is 4.79 Å². The minimum absolute atomic E-state index is 0. The van der Waals surface area contributed by atoms with E-state index in [1.165, 1.54) is 12.8 Å².